The van der Waals surface area contributed by atoms with Crippen LogP contribution in [-0.4, -0.2) is 25.8 Å². The Bertz CT molecular complexity index is 160. The van der Waals surface area contributed by atoms with Crippen molar-refractivity contribution in [3.8, 4) is 0 Å². The van der Waals surface area contributed by atoms with Gasteiger partial charge in [-0.15, -0.1) is 0 Å². The van der Waals surface area contributed by atoms with E-state index in [-0.39, 0.29) is 0 Å². The van der Waals surface area contributed by atoms with Crippen molar-refractivity contribution in [3.63, 3.8) is 0 Å². The van der Waals surface area contributed by atoms with E-state index in [9.17, 15) is 0 Å². The monoisotopic (exact) mass is 199 g/mol. The van der Waals surface area contributed by atoms with E-state index in [4.69, 9.17) is 4.74 Å². The van der Waals surface area contributed by atoms with Gasteiger partial charge < -0.3 is 10.1 Å². The summed E-state index contributed by atoms with van der Waals surface area (Å²) in [6, 6.07) is 0.556. The van der Waals surface area contributed by atoms with Crippen LogP contribution in [0.15, 0.2) is 0 Å². The molecule has 84 valence electrons. The Morgan fingerprint density at radius 2 is 2.00 bits per heavy atom. The molecule has 0 saturated heterocycles. The molecule has 0 amide bonds. The maximum Gasteiger partial charge on any atom is 0.0753 e. The fourth-order valence-corrected chi connectivity index (χ4v) is 2.65. The Kier molecular flexibility index (Phi) is 4.90. The van der Waals surface area contributed by atoms with Crippen molar-refractivity contribution in [2.45, 2.75) is 52.2 Å². The molecule has 14 heavy (non-hydrogen) atoms. The number of likely N-dealkylation sites (N-methyl/N-ethyl adjacent to an activating group) is 1. The van der Waals surface area contributed by atoms with Gasteiger partial charge in [-0.05, 0) is 38.1 Å². The van der Waals surface area contributed by atoms with Crippen LogP contribution in [0.2, 0.25) is 0 Å². The molecule has 4 atom stereocenters. The maximum absolute atomic E-state index is 5.93. The molecule has 1 saturated carbocycles. The van der Waals surface area contributed by atoms with E-state index in [2.05, 4.69) is 33.1 Å². The van der Waals surface area contributed by atoms with Gasteiger partial charge in [-0.1, -0.05) is 20.8 Å². The topological polar surface area (TPSA) is 21.3 Å². The average molecular weight is 199 g/mol. The standard InChI is InChI=1S/C12H25NO/c1-5-6-14-12-10(3)7-9(2)8-11(12)13-4/h9-13H,5-8H2,1-4H3. The SMILES string of the molecule is CCCOC1C(C)CC(C)CC1NC. The lowest BCUT2D eigenvalue weighted by Gasteiger charge is -2.39. The molecule has 0 heterocycles. The summed E-state index contributed by atoms with van der Waals surface area (Å²) in [4.78, 5) is 0. The fourth-order valence-electron chi connectivity index (χ4n) is 2.65. The highest BCUT2D eigenvalue weighted by Crippen LogP contribution is 2.30. The van der Waals surface area contributed by atoms with Crippen LogP contribution in [0.5, 0.6) is 0 Å². The zero-order valence-corrected chi connectivity index (χ0v) is 10.0. The van der Waals surface area contributed by atoms with Crippen LogP contribution in [0.1, 0.15) is 40.0 Å². The van der Waals surface area contributed by atoms with Crippen molar-refractivity contribution in [2.24, 2.45) is 11.8 Å². The summed E-state index contributed by atoms with van der Waals surface area (Å²) >= 11 is 0. The Morgan fingerprint density at radius 1 is 1.29 bits per heavy atom. The van der Waals surface area contributed by atoms with Crippen molar-refractivity contribution in [1.82, 2.24) is 5.32 Å². The van der Waals surface area contributed by atoms with Gasteiger partial charge in [-0.3, -0.25) is 0 Å². The van der Waals surface area contributed by atoms with E-state index in [1.807, 2.05) is 0 Å². The van der Waals surface area contributed by atoms with Crippen molar-refractivity contribution in [2.75, 3.05) is 13.7 Å². The second-order valence-electron chi connectivity index (χ2n) is 4.78. The lowest BCUT2D eigenvalue weighted by Crippen LogP contribution is -2.48. The molecule has 1 fully saturated rings. The number of hydrogen-bond acceptors (Lipinski definition) is 2. The van der Waals surface area contributed by atoms with Gasteiger partial charge in [0.05, 0.1) is 6.10 Å². The van der Waals surface area contributed by atoms with Gasteiger partial charge in [0.25, 0.3) is 0 Å². The molecule has 0 bridgehead atoms. The zero-order chi connectivity index (χ0) is 10.6. The first-order valence-corrected chi connectivity index (χ1v) is 5.97. The van der Waals surface area contributed by atoms with Crippen LogP contribution in [0.25, 0.3) is 0 Å². The fraction of sp³-hybridized carbons (Fsp3) is 1.00. The highest BCUT2D eigenvalue weighted by Gasteiger charge is 2.33. The van der Waals surface area contributed by atoms with Crippen LogP contribution >= 0.6 is 0 Å². The smallest absolute Gasteiger partial charge is 0.0753 e. The zero-order valence-electron chi connectivity index (χ0n) is 10.0. The minimum atomic E-state index is 0.427. The normalized spacial score (nSPS) is 38.6. The van der Waals surface area contributed by atoms with Crippen LogP contribution < -0.4 is 5.32 Å². The molecule has 0 aliphatic heterocycles. The maximum atomic E-state index is 5.93. The summed E-state index contributed by atoms with van der Waals surface area (Å²) in [6.07, 6.45) is 4.12. The van der Waals surface area contributed by atoms with Crippen molar-refractivity contribution in [1.29, 1.82) is 0 Å². The summed E-state index contributed by atoms with van der Waals surface area (Å²) in [5.41, 5.74) is 0. The Hall–Kier alpha value is -0.0800. The third kappa shape index (κ3) is 2.96. The molecular formula is C12H25NO. The first-order valence-electron chi connectivity index (χ1n) is 5.97. The van der Waals surface area contributed by atoms with E-state index in [0.29, 0.717) is 18.1 Å². The molecule has 2 heteroatoms. The molecule has 4 unspecified atom stereocenters. The van der Waals surface area contributed by atoms with Crippen molar-refractivity contribution >= 4 is 0 Å². The van der Waals surface area contributed by atoms with E-state index in [0.717, 1.165) is 18.9 Å². The predicted octanol–water partition coefficient (Wildman–Crippen LogP) is 2.44. The molecule has 0 spiro atoms. The summed E-state index contributed by atoms with van der Waals surface area (Å²) in [5.74, 6) is 1.53. The van der Waals surface area contributed by atoms with Gasteiger partial charge in [0.15, 0.2) is 0 Å². The van der Waals surface area contributed by atoms with Crippen molar-refractivity contribution in [3.05, 3.63) is 0 Å². The van der Waals surface area contributed by atoms with Gasteiger partial charge in [-0.25, -0.2) is 0 Å². The molecule has 1 aliphatic carbocycles. The first-order chi connectivity index (χ1) is 6.69. The van der Waals surface area contributed by atoms with Gasteiger partial charge in [0, 0.05) is 12.6 Å². The molecule has 0 aromatic carbocycles. The van der Waals surface area contributed by atoms with Crippen LogP contribution in [0.4, 0.5) is 0 Å². The Balaban J connectivity index is 2.49. The molecular weight excluding hydrogens is 174 g/mol. The number of hydrogen-bond donors (Lipinski definition) is 1. The molecule has 2 nitrogen and oxygen atoms in total. The summed E-state index contributed by atoms with van der Waals surface area (Å²) in [7, 11) is 2.05. The van der Waals surface area contributed by atoms with E-state index in [1.54, 1.807) is 0 Å². The third-order valence-corrected chi connectivity index (χ3v) is 3.27. The number of ether oxygens (including phenoxy) is 1. The van der Waals surface area contributed by atoms with Crippen LogP contribution in [0.3, 0.4) is 0 Å². The molecule has 0 radical (unpaired) electrons. The number of rotatable bonds is 4. The van der Waals surface area contributed by atoms with Crippen LogP contribution in [-0.2, 0) is 4.74 Å². The summed E-state index contributed by atoms with van der Waals surface area (Å²) in [6.45, 7) is 7.74. The van der Waals surface area contributed by atoms with Gasteiger partial charge in [-0.2, -0.15) is 0 Å². The predicted molar refractivity (Wildman–Crippen MR) is 60.4 cm³/mol. The molecule has 0 aromatic heterocycles. The van der Waals surface area contributed by atoms with E-state index < -0.39 is 0 Å². The average Bonchev–Trinajstić information content (AvgIpc) is 2.15. The van der Waals surface area contributed by atoms with E-state index in [1.165, 1.54) is 12.8 Å². The third-order valence-electron chi connectivity index (χ3n) is 3.27. The molecule has 1 N–H and O–H groups in total. The highest BCUT2D eigenvalue weighted by molar-refractivity contribution is 4.87. The highest BCUT2D eigenvalue weighted by atomic mass is 16.5. The second-order valence-corrected chi connectivity index (χ2v) is 4.78. The van der Waals surface area contributed by atoms with Gasteiger partial charge >= 0.3 is 0 Å². The lowest BCUT2D eigenvalue weighted by atomic mass is 9.78. The summed E-state index contributed by atoms with van der Waals surface area (Å²) in [5, 5.41) is 3.40. The Morgan fingerprint density at radius 3 is 2.57 bits per heavy atom. The van der Waals surface area contributed by atoms with Crippen LogP contribution in [0, 0.1) is 11.8 Å². The second kappa shape index (κ2) is 5.72. The largest absolute Gasteiger partial charge is 0.376 e. The minimum Gasteiger partial charge on any atom is -0.376 e. The lowest BCUT2D eigenvalue weighted by molar-refractivity contribution is -0.0356. The van der Waals surface area contributed by atoms with Gasteiger partial charge in [0.2, 0.25) is 0 Å². The van der Waals surface area contributed by atoms with Gasteiger partial charge in [0.1, 0.15) is 0 Å². The minimum absolute atomic E-state index is 0.427. The molecule has 1 rings (SSSR count). The molecule has 1 aliphatic rings. The summed E-state index contributed by atoms with van der Waals surface area (Å²) < 4.78 is 5.93. The van der Waals surface area contributed by atoms with Crippen molar-refractivity contribution < 1.29 is 4.74 Å². The van der Waals surface area contributed by atoms with E-state index >= 15 is 0 Å². The quantitative estimate of drug-likeness (QED) is 0.751. The Labute approximate surface area is 88.4 Å². The number of nitrogens with one attached hydrogen (secondary N) is 1. The first kappa shape index (κ1) is 12.0. The molecule has 0 aromatic rings.